The van der Waals surface area contributed by atoms with Crippen LogP contribution < -0.4 is 23.7 Å². The van der Waals surface area contributed by atoms with Gasteiger partial charge < -0.3 is 23.7 Å². The van der Waals surface area contributed by atoms with Gasteiger partial charge in [-0.15, -0.1) is 0 Å². The number of allylic oxidation sites excluding steroid dienone is 1. The van der Waals surface area contributed by atoms with Crippen LogP contribution in [0.5, 0.6) is 28.7 Å². The molecule has 0 spiro atoms. The van der Waals surface area contributed by atoms with Crippen molar-refractivity contribution in [2.45, 2.75) is 130 Å². The van der Waals surface area contributed by atoms with Crippen molar-refractivity contribution < 1.29 is 28.5 Å². The van der Waals surface area contributed by atoms with E-state index in [0.29, 0.717) is 60.7 Å². The van der Waals surface area contributed by atoms with Gasteiger partial charge in [0.2, 0.25) is 0 Å². The van der Waals surface area contributed by atoms with Crippen molar-refractivity contribution >= 4 is 11.9 Å². The molecule has 0 N–H and O–H groups in total. The predicted molar refractivity (Wildman–Crippen MR) is 191 cm³/mol. The van der Waals surface area contributed by atoms with Crippen LogP contribution in [0.2, 0.25) is 0 Å². The maximum absolute atomic E-state index is 13.8. The minimum Gasteiger partial charge on any atom is -0.493 e. The van der Waals surface area contributed by atoms with Crippen LogP contribution in [0.4, 0.5) is 0 Å². The minimum atomic E-state index is -0.154. The highest BCUT2D eigenvalue weighted by atomic mass is 16.5. The summed E-state index contributed by atoms with van der Waals surface area (Å²) in [5, 5.41) is 0. The monoisotopic (exact) mass is 638 g/mol. The van der Waals surface area contributed by atoms with Gasteiger partial charge >= 0.3 is 0 Å². The Morgan fingerprint density at radius 2 is 1.11 bits per heavy atom. The number of benzene rings is 2. The third-order valence-corrected chi connectivity index (χ3v) is 7.95. The molecule has 0 aliphatic rings. The Morgan fingerprint density at radius 1 is 0.587 bits per heavy atom. The van der Waals surface area contributed by atoms with E-state index in [9.17, 15) is 4.79 Å². The summed E-state index contributed by atoms with van der Waals surface area (Å²) in [5.74, 6) is 2.93. The molecule has 0 fully saturated rings. The van der Waals surface area contributed by atoms with E-state index in [4.69, 9.17) is 23.7 Å². The first-order chi connectivity index (χ1) is 22.6. The smallest absolute Gasteiger partial charge is 0.189 e. The first kappa shape index (κ1) is 39.0. The zero-order valence-corrected chi connectivity index (χ0v) is 29.6. The minimum absolute atomic E-state index is 0.154. The van der Waals surface area contributed by atoms with Crippen LogP contribution in [0.25, 0.3) is 6.08 Å². The molecule has 0 unspecified atom stereocenters. The van der Waals surface area contributed by atoms with Crippen LogP contribution in [0.3, 0.4) is 0 Å². The van der Waals surface area contributed by atoms with Crippen molar-refractivity contribution in [3.05, 3.63) is 47.5 Å². The molecule has 6 heteroatoms. The van der Waals surface area contributed by atoms with E-state index in [1.54, 1.807) is 19.3 Å². The molecule has 2 aromatic carbocycles. The number of carbonyl (C=O) groups is 1. The molecule has 0 aliphatic carbocycles. The predicted octanol–water partition coefficient (Wildman–Crippen LogP) is 11.4. The maximum Gasteiger partial charge on any atom is 0.189 e. The number of para-hydroxylation sites is 1. The number of hydrogen-bond donors (Lipinski definition) is 0. The van der Waals surface area contributed by atoms with Crippen molar-refractivity contribution in [2.24, 2.45) is 0 Å². The third kappa shape index (κ3) is 15.0. The molecule has 0 radical (unpaired) electrons. The van der Waals surface area contributed by atoms with E-state index in [0.717, 1.165) is 63.4 Å². The molecule has 258 valence electrons. The van der Waals surface area contributed by atoms with Crippen LogP contribution >= 0.6 is 0 Å². The second-order valence-electron chi connectivity index (χ2n) is 12.0. The molecule has 0 bridgehead atoms. The first-order valence-electron chi connectivity index (χ1n) is 18.2. The zero-order chi connectivity index (χ0) is 33.2. The molecule has 0 saturated carbocycles. The van der Waals surface area contributed by atoms with E-state index in [2.05, 4.69) is 27.7 Å². The van der Waals surface area contributed by atoms with Gasteiger partial charge in [0.05, 0.1) is 39.1 Å². The van der Waals surface area contributed by atoms with E-state index in [1.165, 1.54) is 44.9 Å². The summed E-state index contributed by atoms with van der Waals surface area (Å²) in [7, 11) is 1.64. The van der Waals surface area contributed by atoms with Gasteiger partial charge in [-0.3, -0.25) is 4.79 Å². The number of hydrogen-bond acceptors (Lipinski definition) is 6. The van der Waals surface area contributed by atoms with Crippen molar-refractivity contribution in [1.29, 1.82) is 0 Å². The summed E-state index contributed by atoms with van der Waals surface area (Å²) < 4.78 is 30.6. The number of carbonyl (C=O) groups excluding carboxylic acids is 1. The lowest BCUT2D eigenvalue weighted by Gasteiger charge is -2.17. The standard InChI is InChI=1S/C40H62O6/c1-6-10-14-18-27-43-34-31-33(39(38(32-34)42-5)45-29-20-16-12-8-3)25-26-36(41)35-23-22-24-37(44-28-19-15-11-7-2)40(35)46-30-21-17-13-9-4/h22-26,31-32H,6-21,27-30H2,1-5H3. The molecule has 0 atom stereocenters. The lowest BCUT2D eigenvalue weighted by Crippen LogP contribution is -2.07. The van der Waals surface area contributed by atoms with Crippen LogP contribution in [0.15, 0.2) is 36.4 Å². The van der Waals surface area contributed by atoms with Gasteiger partial charge in [0, 0.05) is 11.6 Å². The van der Waals surface area contributed by atoms with Gasteiger partial charge in [0.1, 0.15) is 5.75 Å². The largest absolute Gasteiger partial charge is 0.493 e. The van der Waals surface area contributed by atoms with E-state index in [-0.39, 0.29) is 5.78 Å². The Balaban J connectivity index is 2.34. The summed E-state index contributed by atoms with van der Waals surface area (Å²) >= 11 is 0. The number of unbranched alkanes of at least 4 members (excludes halogenated alkanes) is 12. The van der Waals surface area contributed by atoms with Crippen molar-refractivity contribution in [2.75, 3.05) is 33.5 Å². The van der Waals surface area contributed by atoms with Gasteiger partial charge in [-0.1, -0.05) is 111 Å². The summed E-state index contributed by atoms with van der Waals surface area (Å²) in [6, 6.07) is 9.41. The van der Waals surface area contributed by atoms with Gasteiger partial charge in [-0.05, 0) is 56.0 Å². The van der Waals surface area contributed by atoms with E-state index < -0.39 is 0 Å². The Bertz CT molecular complexity index is 1120. The van der Waals surface area contributed by atoms with Crippen LogP contribution in [-0.4, -0.2) is 39.3 Å². The van der Waals surface area contributed by atoms with Crippen molar-refractivity contribution in [3.63, 3.8) is 0 Å². The summed E-state index contributed by atoms with van der Waals surface area (Å²) in [5.41, 5.74) is 1.24. The van der Waals surface area contributed by atoms with Crippen LogP contribution in [-0.2, 0) is 0 Å². The van der Waals surface area contributed by atoms with Crippen molar-refractivity contribution in [3.8, 4) is 28.7 Å². The average Bonchev–Trinajstić information content (AvgIpc) is 3.07. The lowest BCUT2D eigenvalue weighted by molar-refractivity contribution is 0.104. The molecule has 46 heavy (non-hydrogen) atoms. The molecule has 2 rings (SSSR count). The zero-order valence-electron chi connectivity index (χ0n) is 29.6. The Labute approximate surface area is 280 Å². The van der Waals surface area contributed by atoms with Gasteiger partial charge in [-0.25, -0.2) is 0 Å². The Hall–Kier alpha value is -3.15. The Morgan fingerprint density at radius 3 is 1.65 bits per heavy atom. The van der Waals surface area contributed by atoms with E-state index >= 15 is 0 Å². The highest BCUT2D eigenvalue weighted by Crippen LogP contribution is 2.38. The maximum atomic E-state index is 13.8. The first-order valence-corrected chi connectivity index (χ1v) is 18.2. The molecule has 0 amide bonds. The molecule has 2 aromatic rings. The summed E-state index contributed by atoms with van der Waals surface area (Å²) in [6.45, 7) is 11.2. The van der Waals surface area contributed by atoms with Crippen LogP contribution in [0.1, 0.15) is 146 Å². The molecular weight excluding hydrogens is 576 g/mol. The third-order valence-electron chi connectivity index (χ3n) is 7.95. The molecule has 0 heterocycles. The Kier molecular flexibility index (Phi) is 21.2. The molecule has 0 aromatic heterocycles. The highest BCUT2D eigenvalue weighted by Gasteiger charge is 2.18. The summed E-state index contributed by atoms with van der Waals surface area (Å²) in [6.07, 6.45) is 21.1. The molecule has 0 aliphatic heterocycles. The molecule has 6 nitrogen and oxygen atoms in total. The topological polar surface area (TPSA) is 63.2 Å². The number of ether oxygens (including phenoxy) is 5. The fourth-order valence-corrected chi connectivity index (χ4v) is 5.17. The molecule has 0 saturated heterocycles. The summed E-state index contributed by atoms with van der Waals surface area (Å²) in [4.78, 5) is 13.8. The second-order valence-corrected chi connectivity index (χ2v) is 12.0. The van der Waals surface area contributed by atoms with Crippen LogP contribution in [0, 0.1) is 0 Å². The lowest BCUT2D eigenvalue weighted by atomic mass is 10.1. The van der Waals surface area contributed by atoms with E-state index in [1.807, 2.05) is 30.3 Å². The fraction of sp³-hybridized carbons (Fsp3) is 0.625. The highest BCUT2D eigenvalue weighted by molar-refractivity contribution is 6.09. The number of methoxy groups -OCH3 is 1. The average molecular weight is 639 g/mol. The van der Waals surface area contributed by atoms with Crippen molar-refractivity contribution in [1.82, 2.24) is 0 Å². The van der Waals surface area contributed by atoms with Gasteiger partial charge in [-0.2, -0.15) is 0 Å². The number of ketones is 1. The molecular formula is C40H62O6. The fourth-order valence-electron chi connectivity index (χ4n) is 5.17. The SMILES string of the molecule is CCCCCCOc1cc(C=CC(=O)c2cccc(OCCCCCC)c2OCCCCCC)c(OCCCCCC)c(OC)c1. The van der Waals surface area contributed by atoms with Gasteiger partial charge in [0.15, 0.2) is 28.8 Å². The quantitative estimate of drug-likeness (QED) is 0.0525. The van der Waals surface area contributed by atoms with Gasteiger partial charge in [0.25, 0.3) is 0 Å². The second kappa shape index (κ2) is 25.0. The normalized spacial score (nSPS) is 11.2. The number of rotatable bonds is 28.